The van der Waals surface area contributed by atoms with Crippen LogP contribution in [-0.2, 0) is 37.5 Å². The third-order valence-corrected chi connectivity index (χ3v) is 10.8. The van der Waals surface area contributed by atoms with Gasteiger partial charge >= 0.3 is 47.5 Å². The molecular weight excluding hydrogens is 732 g/mol. The quantitative estimate of drug-likeness (QED) is 0.0266. The number of phosphoric ester groups is 1. The summed E-state index contributed by atoms with van der Waals surface area (Å²) < 4.78 is 32.3. The summed E-state index contributed by atoms with van der Waals surface area (Å²) in [5.41, 5.74) is 5.30. The minimum atomic E-state index is -4.96. The Kier molecular flexibility index (Phi) is 42.8. The minimum absolute atomic E-state index is 0. The maximum absolute atomic E-state index is 12.6. The van der Waals surface area contributed by atoms with E-state index >= 15 is 0 Å². The topological polar surface area (TPSA) is 175 Å². The van der Waals surface area contributed by atoms with Crippen LogP contribution in [-0.4, -0.2) is 55.0 Å². The number of ether oxygens (including phenoxy) is 2. The molecular formula is C42H81NNaO10P. The molecule has 0 amide bonds. The molecule has 0 radical (unpaired) electrons. The summed E-state index contributed by atoms with van der Waals surface area (Å²) in [7, 11) is -4.96. The van der Waals surface area contributed by atoms with Crippen LogP contribution in [0.25, 0.3) is 0 Å². The van der Waals surface area contributed by atoms with E-state index in [1.165, 1.54) is 141 Å². The van der Waals surface area contributed by atoms with Crippen molar-refractivity contribution >= 4 is 25.7 Å². The van der Waals surface area contributed by atoms with Gasteiger partial charge in [0.25, 0.3) is 7.82 Å². The second kappa shape index (κ2) is 41.6. The van der Waals surface area contributed by atoms with Gasteiger partial charge in [-0.1, -0.05) is 194 Å². The molecule has 0 aromatic carbocycles. The molecule has 1 unspecified atom stereocenters. The van der Waals surface area contributed by atoms with Crippen molar-refractivity contribution in [3.05, 3.63) is 0 Å². The normalized spacial score (nSPS) is 13.5. The van der Waals surface area contributed by atoms with Crippen LogP contribution in [0, 0.1) is 0 Å². The first-order valence-corrected chi connectivity index (χ1v) is 23.5. The van der Waals surface area contributed by atoms with Gasteiger partial charge in [0.1, 0.15) is 12.6 Å². The Balaban J connectivity index is 0. The van der Waals surface area contributed by atoms with Crippen LogP contribution >= 0.6 is 7.82 Å². The molecule has 13 heteroatoms. The van der Waals surface area contributed by atoms with Gasteiger partial charge in [-0.2, -0.15) is 0 Å². The second-order valence-electron chi connectivity index (χ2n) is 15.2. The van der Waals surface area contributed by atoms with Gasteiger partial charge in [0.15, 0.2) is 6.10 Å². The number of phosphoric acid groups is 1. The van der Waals surface area contributed by atoms with E-state index in [0.29, 0.717) is 12.8 Å². The number of carboxylic acid groups (broad SMARTS) is 1. The summed E-state index contributed by atoms with van der Waals surface area (Å²) in [5.74, 6) is -2.42. The SMILES string of the molecule is CCCCCCCCCCCCCCCCCC(=O)OC[C@H](COP(=O)([O-])OC[C@@H](N)C(=O)O)OC(=O)CCCCCCCCCCCCCCCCC.[Na+]. The Hall–Kier alpha value is -0.520. The van der Waals surface area contributed by atoms with Crippen LogP contribution in [0.3, 0.4) is 0 Å². The molecule has 0 bridgehead atoms. The van der Waals surface area contributed by atoms with Gasteiger partial charge in [-0.3, -0.25) is 18.9 Å². The Morgan fingerprint density at radius 3 is 1.18 bits per heavy atom. The van der Waals surface area contributed by atoms with Crippen molar-refractivity contribution in [1.82, 2.24) is 0 Å². The van der Waals surface area contributed by atoms with E-state index in [4.69, 9.17) is 24.8 Å². The average Bonchev–Trinajstić information content (AvgIpc) is 3.14. The average molecular weight is 814 g/mol. The number of carbonyl (C=O) groups is 3. The molecule has 0 spiro atoms. The summed E-state index contributed by atoms with van der Waals surface area (Å²) in [5, 5.41) is 8.86. The van der Waals surface area contributed by atoms with Crippen molar-refractivity contribution in [3.8, 4) is 0 Å². The maximum Gasteiger partial charge on any atom is 1.00 e. The number of aliphatic carboxylic acids is 1. The Bertz CT molecular complexity index is 944. The van der Waals surface area contributed by atoms with Gasteiger partial charge in [0, 0.05) is 12.8 Å². The zero-order valence-corrected chi connectivity index (χ0v) is 38.4. The Labute approximate surface area is 358 Å². The van der Waals surface area contributed by atoms with Crippen LogP contribution in [0.15, 0.2) is 0 Å². The number of rotatable bonds is 42. The molecule has 0 fully saturated rings. The molecule has 320 valence electrons. The van der Waals surface area contributed by atoms with Gasteiger partial charge in [0.05, 0.1) is 13.2 Å². The fourth-order valence-electron chi connectivity index (χ4n) is 6.35. The van der Waals surface area contributed by atoms with Crippen molar-refractivity contribution in [1.29, 1.82) is 0 Å². The van der Waals surface area contributed by atoms with Gasteiger partial charge in [0.2, 0.25) is 0 Å². The van der Waals surface area contributed by atoms with Crippen LogP contribution in [0.1, 0.15) is 219 Å². The second-order valence-corrected chi connectivity index (χ2v) is 16.6. The third kappa shape index (κ3) is 41.4. The molecule has 55 heavy (non-hydrogen) atoms. The van der Waals surface area contributed by atoms with Crippen LogP contribution in [0.4, 0.5) is 0 Å². The standard InChI is InChI=1S/C42H82NO10P.Na/c1-3-5-7-9-11-13-15-17-19-21-23-25-27-29-31-33-40(44)50-35-38(36-51-54(48,49)52-37-39(43)42(46)47)53-41(45)34-32-30-28-26-24-22-20-18-16-14-12-10-8-6-4-2;/h38-39H,3-37,43H2,1-2H3,(H,46,47)(H,48,49);/q;+1/p-1/t38-,39-;/m1./s1. The summed E-state index contributed by atoms with van der Waals surface area (Å²) in [6.45, 7) is 2.68. The summed E-state index contributed by atoms with van der Waals surface area (Å²) in [6.07, 6.45) is 35.7. The molecule has 3 atom stereocenters. The smallest absolute Gasteiger partial charge is 0.756 e. The fraction of sp³-hybridized carbons (Fsp3) is 0.929. The number of carbonyl (C=O) groups excluding carboxylic acids is 2. The van der Waals surface area contributed by atoms with Gasteiger partial charge < -0.3 is 34.3 Å². The van der Waals surface area contributed by atoms with Crippen molar-refractivity contribution in [2.75, 3.05) is 19.8 Å². The summed E-state index contributed by atoms with van der Waals surface area (Å²) in [6, 6.07) is -1.56. The number of hydrogen-bond acceptors (Lipinski definition) is 10. The molecule has 0 aliphatic heterocycles. The predicted molar refractivity (Wildman–Crippen MR) is 215 cm³/mol. The van der Waals surface area contributed by atoms with Crippen LogP contribution in [0.5, 0.6) is 0 Å². The van der Waals surface area contributed by atoms with Crippen molar-refractivity contribution in [3.63, 3.8) is 0 Å². The summed E-state index contributed by atoms with van der Waals surface area (Å²) >= 11 is 0. The van der Waals surface area contributed by atoms with Crippen molar-refractivity contribution in [2.45, 2.75) is 231 Å². The monoisotopic (exact) mass is 814 g/mol. The number of hydrogen-bond donors (Lipinski definition) is 2. The first-order chi connectivity index (χ1) is 26.1. The van der Waals surface area contributed by atoms with E-state index in [1.54, 1.807) is 0 Å². The number of esters is 2. The molecule has 11 nitrogen and oxygen atoms in total. The minimum Gasteiger partial charge on any atom is -0.756 e. The molecule has 0 rings (SSSR count). The Morgan fingerprint density at radius 2 is 0.836 bits per heavy atom. The van der Waals surface area contributed by atoms with Gasteiger partial charge in [-0.05, 0) is 12.8 Å². The third-order valence-electron chi connectivity index (χ3n) is 9.85. The molecule has 0 aromatic rings. The first kappa shape index (κ1) is 56.6. The maximum atomic E-state index is 12.6. The number of unbranched alkanes of at least 4 members (excludes halogenated alkanes) is 28. The van der Waals surface area contributed by atoms with E-state index in [2.05, 4.69) is 18.4 Å². The number of nitrogens with two attached hydrogens (primary N) is 1. The first-order valence-electron chi connectivity index (χ1n) is 22.0. The van der Waals surface area contributed by atoms with E-state index in [1.807, 2.05) is 0 Å². The molecule has 0 aliphatic rings. The van der Waals surface area contributed by atoms with Gasteiger partial charge in [-0.25, -0.2) is 0 Å². The largest absolute Gasteiger partial charge is 1.00 e. The molecule has 3 N–H and O–H groups in total. The zero-order valence-electron chi connectivity index (χ0n) is 35.5. The van der Waals surface area contributed by atoms with E-state index in [-0.39, 0.29) is 49.0 Å². The van der Waals surface area contributed by atoms with Crippen molar-refractivity contribution in [2.24, 2.45) is 5.73 Å². The fourth-order valence-corrected chi connectivity index (χ4v) is 7.12. The molecule has 0 saturated heterocycles. The molecule has 0 aromatic heterocycles. The molecule has 0 heterocycles. The van der Waals surface area contributed by atoms with Crippen molar-refractivity contribution < 1.29 is 77.0 Å². The Morgan fingerprint density at radius 1 is 0.527 bits per heavy atom. The zero-order chi connectivity index (χ0) is 40.0. The molecule has 0 saturated carbocycles. The van der Waals surface area contributed by atoms with Crippen LogP contribution in [0.2, 0.25) is 0 Å². The van der Waals surface area contributed by atoms with Crippen LogP contribution < -0.4 is 40.2 Å². The number of carboxylic acids is 1. The van der Waals surface area contributed by atoms with E-state index < -0.39 is 51.1 Å². The van der Waals surface area contributed by atoms with E-state index in [0.717, 1.165) is 38.5 Å². The van der Waals surface area contributed by atoms with E-state index in [9.17, 15) is 23.8 Å². The summed E-state index contributed by atoms with van der Waals surface area (Å²) in [4.78, 5) is 48.1. The molecule has 0 aliphatic carbocycles. The predicted octanol–water partition coefficient (Wildman–Crippen LogP) is 7.88. The van der Waals surface area contributed by atoms with Gasteiger partial charge in [-0.15, -0.1) is 0 Å².